The van der Waals surface area contributed by atoms with E-state index in [1.54, 1.807) is 11.0 Å². The van der Waals surface area contributed by atoms with Crippen molar-refractivity contribution in [2.45, 2.75) is 26.7 Å². The van der Waals surface area contributed by atoms with Gasteiger partial charge < -0.3 is 10.2 Å². The van der Waals surface area contributed by atoms with Gasteiger partial charge in [-0.1, -0.05) is 29.8 Å². The first-order valence-corrected chi connectivity index (χ1v) is 8.59. The zero-order valence-corrected chi connectivity index (χ0v) is 15.5. The minimum Gasteiger partial charge on any atom is -0.355 e. The molecule has 116 valence electrons. The third-order valence-electron chi connectivity index (χ3n) is 2.85. The highest BCUT2D eigenvalue weighted by Gasteiger charge is 2.20. The van der Waals surface area contributed by atoms with Gasteiger partial charge in [0.1, 0.15) is 0 Å². The number of nitrogens with zero attached hydrogens (tertiary/aromatic N) is 1. The molecule has 0 spiro atoms. The Balaban J connectivity index is 2.86. The number of carbonyl (C=O) groups is 2. The Kier molecular flexibility index (Phi) is 7.96. The summed E-state index contributed by atoms with van der Waals surface area (Å²) >= 11 is 6.76. The molecule has 0 aliphatic heterocycles. The molecule has 0 aliphatic rings. The summed E-state index contributed by atoms with van der Waals surface area (Å²) in [6, 6.07) is 5.44. The Morgan fingerprint density at radius 2 is 1.90 bits per heavy atom. The van der Waals surface area contributed by atoms with Gasteiger partial charge in [-0.25, -0.2) is 0 Å². The molecule has 0 aliphatic carbocycles. The van der Waals surface area contributed by atoms with Crippen molar-refractivity contribution in [3.8, 4) is 0 Å². The van der Waals surface area contributed by atoms with E-state index in [9.17, 15) is 9.59 Å². The maximum atomic E-state index is 12.6. The summed E-state index contributed by atoms with van der Waals surface area (Å²) in [7, 11) is 0. The van der Waals surface area contributed by atoms with Crippen LogP contribution in [0.5, 0.6) is 0 Å². The molecule has 1 N–H and O–H groups in total. The second-order valence-electron chi connectivity index (χ2n) is 4.70. The summed E-state index contributed by atoms with van der Waals surface area (Å²) in [5, 5.41) is 2.80. The van der Waals surface area contributed by atoms with Crippen LogP contribution >= 0.6 is 31.9 Å². The van der Waals surface area contributed by atoms with Gasteiger partial charge in [0.05, 0.1) is 12.1 Å². The number of rotatable bonds is 7. The Morgan fingerprint density at radius 1 is 1.19 bits per heavy atom. The lowest BCUT2D eigenvalue weighted by Crippen LogP contribution is -2.41. The minimum atomic E-state index is -0.142. The first kappa shape index (κ1) is 18.2. The van der Waals surface area contributed by atoms with Gasteiger partial charge in [0.15, 0.2) is 0 Å². The molecule has 1 aromatic rings. The van der Waals surface area contributed by atoms with Crippen molar-refractivity contribution in [2.75, 3.05) is 19.6 Å². The molecule has 2 amide bonds. The van der Waals surface area contributed by atoms with E-state index in [1.807, 2.05) is 26.0 Å². The van der Waals surface area contributed by atoms with Crippen molar-refractivity contribution in [1.29, 1.82) is 0 Å². The van der Waals surface area contributed by atoms with E-state index in [-0.39, 0.29) is 18.4 Å². The van der Waals surface area contributed by atoms with E-state index >= 15 is 0 Å². The normalized spacial score (nSPS) is 10.3. The Morgan fingerprint density at radius 3 is 2.52 bits per heavy atom. The standard InChI is InChI=1S/C15H20Br2N2O2/c1-3-7-18-14(20)10-19(8-4-2)15(21)12-9-11(16)5-6-13(12)17/h5-6,9H,3-4,7-8,10H2,1-2H3,(H,18,20). The van der Waals surface area contributed by atoms with Crippen LogP contribution in [-0.4, -0.2) is 36.3 Å². The smallest absolute Gasteiger partial charge is 0.255 e. The molecule has 0 saturated heterocycles. The van der Waals surface area contributed by atoms with Gasteiger partial charge in [-0.15, -0.1) is 0 Å². The average Bonchev–Trinajstić information content (AvgIpc) is 2.46. The zero-order valence-electron chi connectivity index (χ0n) is 12.3. The summed E-state index contributed by atoms with van der Waals surface area (Å²) in [4.78, 5) is 26.0. The van der Waals surface area contributed by atoms with Crippen LogP contribution < -0.4 is 5.32 Å². The number of nitrogens with one attached hydrogen (secondary N) is 1. The Bertz CT molecular complexity index is 506. The van der Waals surface area contributed by atoms with Crippen molar-refractivity contribution in [3.05, 3.63) is 32.7 Å². The van der Waals surface area contributed by atoms with Gasteiger partial charge in [0.2, 0.25) is 5.91 Å². The number of hydrogen-bond donors (Lipinski definition) is 1. The number of halogens is 2. The average molecular weight is 420 g/mol. The molecule has 0 fully saturated rings. The van der Waals surface area contributed by atoms with E-state index < -0.39 is 0 Å². The maximum absolute atomic E-state index is 12.6. The van der Waals surface area contributed by atoms with Gasteiger partial charge in [0, 0.05) is 22.0 Å². The van der Waals surface area contributed by atoms with Crippen LogP contribution in [0.4, 0.5) is 0 Å². The molecule has 0 heterocycles. The number of benzene rings is 1. The lowest BCUT2D eigenvalue weighted by molar-refractivity contribution is -0.121. The summed E-state index contributed by atoms with van der Waals surface area (Å²) in [5.74, 6) is -0.263. The third kappa shape index (κ3) is 5.79. The molecule has 0 aromatic heterocycles. The van der Waals surface area contributed by atoms with Gasteiger partial charge in [-0.05, 0) is 47.0 Å². The third-order valence-corrected chi connectivity index (χ3v) is 4.03. The minimum absolute atomic E-state index is 0.0889. The summed E-state index contributed by atoms with van der Waals surface area (Å²) in [5.41, 5.74) is 0.557. The van der Waals surface area contributed by atoms with Crippen molar-refractivity contribution >= 4 is 43.7 Å². The second kappa shape index (κ2) is 9.20. The topological polar surface area (TPSA) is 49.4 Å². The van der Waals surface area contributed by atoms with Crippen molar-refractivity contribution < 1.29 is 9.59 Å². The molecule has 0 saturated carbocycles. The summed E-state index contributed by atoms with van der Waals surface area (Å²) in [6.45, 7) is 5.25. The van der Waals surface area contributed by atoms with E-state index in [2.05, 4.69) is 37.2 Å². The largest absolute Gasteiger partial charge is 0.355 e. The first-order valence-electron chi connectivity index (χ1n) is 7.00. The highest BCUT2D eigenvalue weighted by atomic mass is 79.9. The quantitative estimate of drug-likeness (QED) is 0.734. The maximum Gasteiger partial charge on any atom is 0.255 e. The van der Waals surface area contributed by atoms with E-state index in [0.717, 1.165) is 21.8 Å². The van der Waals surface area contributed by atoms with E-state index in [4.69, 9.17) is 0 Å². The molecule has 1 rings (SSSR count). The SMILES string of the molecule is CCCNC(=O)CN(CCC)C(=O)c1cc(Br)ccc1Br. The molecule has 0 atom stereocenters. The van der Waals surface area contributed by atoms with Crippen LogP contribution in [0.1, 0.15) is 37.0 Å². The van der Waals surface area contributed by atoms with Crippen molar-refractivity contribution in [2.24, 2.45) is 0 Å². The fourth-order valence-corrected chi connectivity index (χ4v) is 2.63. The molecule has 0 unspecified atom stereocenters. The van der Waals surface area contributed by atoms with Crippen LogP contribution in [-0.2, 0) is 4.79 Å². The molecule has 6 heteroatoms. The molecule has 0 bridgehead atoms. The summed E-state index contributed by atoms with van der Waals surface area (Å²) < 4.78 is 1.56. The zero-order chi connectivity index (χ0) is 15.8. The Hall–Kier alpha value is -0.880. The molecule has 1 aromatic carbocycles. The monoisotopic (exact) mass is 418 g/mol. The lowest BCUT2D eigenvalue weighted by atomic mass is 10.2. The predicted molar refractivity (Wildman–Crippen MR) is 91.3 cm³/mol. The molecular weight excluding hydrogens is 400 g/mol. The number of hydrogen-bond acceptors (Lipinski definition) is 2. The highest BCUT2D eigenvalue weighted by Crippen LogP contribution is 2.23. The van der Waals surface area contributed by atoms with Gasteiger partial charge >= 0.3 is 0 Å². The fraction of sp³-hybridized carbons (Fsp3) is 0.467. The van der Waals surface area contributed by atoms with Gasteiger partial charge in [-0.3, -0.25) is 9.59 Å². The van der Waals surface area contributed by atoms with Crippen LogP contribution in [0, 0.1) is 0 Å². The van der Waals surface area contributed by atoms with Crippen molar-refractivity contribution in [3.63, 3.8) is 0 Å². The van der Waals surface area contributed by atoms with Gasteiger partial charge in [-0.2, -0.15) is 0 Å². The molecule has 21 heavy (non-hydrogen) atoms. The summed E-state index contributed by atoms with van der Waals surface area (Å²) in [6.07, 6.45) is 1.68. The predicted octanol–water partition coefficient (Wildman–Crippen LogP) is 3.59. The number of amides is 2. The Labute approximate surface area is 142 Å². The second-order valence-corrected chi connectivity index (χ2v) is 6.47. The molecular formula is C15H20Br2N2O2. The lowest BCUT2D eigenvalue weighted by Gasteiger charge is -2.22. The van der Waals surface area contributed by atoms with Crippen LogP contribution in [0.2, 0.25) is 0 Å². The van der Waals surface area contributed by atoms with Gasteiger partial charge in [0.25, 0.3) is 5.91 Å². The molecule has 4 nitrogen and oxygen atoms in total. The van der Waals surface area contributed by atoms with E-state index in [1.165, 1.54) is 0 Å². The fourth-order valence-electron chi connectivity index (χ4n) is 1.85. The number of carbonyl (C=O) groups excluding carboxylic acids is 2. The van der Waals surface area contributed by atoms with Crippen LogP contribution in [0.25, 0.3) is 0 Å². The van der Waals surface area contributed by atoms with Crippen LogP contribution in [0.15, 0.2) is 27.1 Å². The molecule has 0 radical (unpaired) electrons. The van der Waals surface area contributed by atoms with Crippen LogP contribution in [0.3, 0.4) is 0 Å². The highest BCUT2D eigenvalue weighted by molar-refractivity contribution is 9.11. The van der Waals surface area contributed by atoms with Crippen molar-refractivity contribution in [1.82, 2.24) is 10.2 Å². The van der Waals surface area contributed by atoms with E-state index in [0.29, 0.717) is 18.7 Å². The first-order chi connectivity index (χ1) is 9.99.